The number of alkyl halides is 3. The van der Waals surface area contributed by atoms with E-state index in [1.807, 2.05) is 6.92 Å². The minimum atomic E-state index is -4.50. The zero-order valence-electron chi connectivity index (χ0n) is 20.0. The number of pyridine rings is 1. The Morgan fingerprint density at radius 3 is 2.51 bits per heavy atom. The van der Waals surface area contributed by atoms with Crippen molar-refractivity contribution in [1.29, 1.82) is 0 Å². The third-order valence-corrected chi connectivity index (χ3v) is 7.69. The van der Waals surface area contributed by atoms with Crippen LogP contribution in [0.4, 0.5) is 19.0 Å². The number of ether oxygens (including phenoxy) is 1. The number of nitrogens with zero attached hydrogens (tertiary/aromatic N) is 3. The molecule has 1 atom stereocenters. The van der Waals surface area contributed by atoms with Crippen LogP contribution >= 0.6 is 0 Å². The summed E-state index contributed by atoms with van der Waals surface area (Å²) < 4.78 is 76.4. The molecule has 5 rings (SSSR count). The van der Waals surface area contributed by atoms with Crippen LogP contribution in [0.2, 0.25) is 0 Å². The Balaban J connectivity index is 1.54. The average Bonchev–Trinajstić information content (AvgIpc) is 3.29. The number of anilines is 1. The molecule has 37 heavy (non-hydrogen) atoms. The summed E-state index contributed by atoms with van der Waals surface area (Å²) in [6.07, 6.45) is -0.893. The van der Waals surface area contributed by atoms with Crippen LogP contribution in [0, 0.1) is 6.92 Å². The number of fused-ring (bicyclic) bond motifs is 1. The molecule has 0 spiro atoms. The van der Waals surface area contributed by atoms with Crippen molar-refractivity contribution in [2.45, 2.75) is 30.3 Å². The number of rotatable bonds is 5. The van der Waals surface area contributed by atoms with Crippen molar-refractivity contribution in [3.8, 4) is 17.0 Å². The maximum absolute atomic E-state index is 13.5. The van der Waals surface area contributed by atoms with Gasteiger partial charge in [-0.05, 0) is 54.8 Å². The molecule has 0 saturated carbocycles. The fourth-order valence-corrected chi connectivity index (χ4v) is 5.50. The van der Waals surface area contributed by atoms with E-state index in [0.29, 0.717) is 34.6 Å². The van der Waals surface area contributed by atoms with Gasteiger partial charge in [-0.3, -0.25) is 9.40 Å². The minimum absolute atomic E-state index is 0.00597. The third-order valence-electron chi connectivity index (χ3n) is 6.34. The molecule has 2 aromatic heterocycles. The van der Waals surface area contributed by atoms with Gasteiger partial charge in [0.25, 0.3) is 10.0 Å². The zero-order valence-corrected chi connectivity index (χ0v) is 20.8. The molecule has 2 aromatic carbocycles. The number of aryl methyl sites for hydroxylation is 2. The molecule has 0 fully saturated rings. The normalized spacial score (nSPS) is 15.6. The van der Waals surface area contributed by atoms with Gasteiger partial charge < -0.3 is 4.74 Å². The van der Waals surface area contributed by atoms with Gasteiger partial charge in [0.1, 0.15) is 11.6 Å². The van der Waals surface area contributed by atoms with Gasteiger partial charge in [-0.2, -0.15) is 18.3 Å². The van der Waals surface area contributed by atoms with E-state index in [2.05, 4.69) is 14.8 Å². The summed E-state index contributed by atoms with van der Waals surface area (Å²) >= 11 is 0. The molecule has 192 valence electrons. The van der Waals surface area contributed by atoms with Crippen molar-refractivity contribution in [2.75, 3.05) is 11.3 Å². The lowest BCUT2D eigenvalue weighted by atomic mass is 9.83. The van der Waals surface area contributed by atoms with Gasteiger partial charge in [-0.1, -0.05) is 18.2 Å². The van der Waals surface area contributed by atoms with Crippen LogP contribution in [0.25, 0.3) is 11.3 Å². The fraction of sp³-hybridized carbons (Fsp3) is 0.231. The molecule has 11 heteroatoms. The van der Waals surface area contributed by atoms with Gasteiger partial charge in [0.05, 0.1) is 22.8 Å². The number of benzene rings is 2. The van der Waals surface area contributed by atoms with E-state index in [4.69, 9.17) is 4.74 Å². The zero-order chi connectivity index (χ0) is 26.4. The molecule has 0 aliphatic carbocycles. The molecule has 0 amide bonds. The van der Waals surface area contributed by atoms with Crippen molar-refractivity contribution in [2.24, 2.45) is 7.05 Å². The second kappa shape index (κ2) is 9.22. The predicted molar refractivity (Wildman–Crippen MR) is 132 cm³/mol. The quantitative estimate of drug-likeness (QED) is 0.369. The van der Waals surface area contributed by atoms with E-state index < -0.39 is 21.8 Å². The van der Waals surface area contributed by atoms with Gasteiger partial charge in [-0.25, -0.2) is 13.4 Å². The summed E-state index contributed by atoms with van der Waals surface area (Å²) in [6.45, 7) is 2.12. The lowest BCUT2D eigenvalue weighted by Gasteiger charge is -2.28. The largest absolute Gasteiger partial charge is 0.493 e. The number of hydrogen-bond acceptors (Lipinski definition) is 5. The van der Waals surface area contributed by atoms with E-state index in [0.717, 1.165) is 17.7 Å². The first-order valence-electron chi connectivity index (χ1n) is 11.4. The van der Waals surface area contributed by atoms with E-state index in [9.17, 15) is 21.6 Å². The highest BCUT2D eigenvalue weighted by atomic mass is 32.2. The molecular formula is C26H23F3N4O3S. The van der Waals surface area contributed by atoms with Gasteiger partial charge in [0.2, 0.25) is 0 Å². The Hall–Kier alpha value is -3.86. The standard InChI is InChI=1S/C26H23F3N4O3S/c1-16-3-8-25(30-15-16)32-37(34,35)18-5-7-21-20(10-12-36-24(21)14-18)19-6-4-17(26(27,28)29)13-22(19)23-9-11-31-33(23)2/h3-9,11,13-15,20H,10,12H2,1-2H3,(H,30,32)/t20-/m0/s1. The summed E-state index contributed by atoms with van der Waals surface area (Å²) in [5.74, 6) is 0.249. The Bertz CT molecular complexity index is 1560. The number of hydrogen-bond donors (Lipinski definition) is 1. The molecule has 1 N–H and O–H groups in total. The molecule has 0 bridgehead atoms. The summed E-state index contributed by atoms with van der Waals surface area (Å²) in [4.78, 5) is 4.08. The summed E-state index contributed by atoms with van der Waals surface area (Å²) in [5.41, 5.74) is 2.47. The molecule has 7 nitrogen and oxygen atoms in total. The van der Waals surface area contributed by atoms with Crippen molar-refractivity contribution in [1.82, 2.24) is 14.8 Å². The first-order chi connectivity index (χ1) is 17.5. The van der Waals surface area contributed by atoms with Gasteiger partial charge >= 0.3 is 6.18 Å². The van der Waals surface area contributed by atoms with Gasteiger partial charge in [-0.15, -0.1) is 0 Å². The monoisotopic (exact) mass is 528 g/mol. The maximum atomic E-state index is 13.5. The number of halogens is 3. The van der Waals surface area contributed by atoms with Crippen molar-refractivity contribution in [3.05, 3.63) is 89.2 Å². The molecule has 0 unspecified atom stereocenters. The SMILES string of the molecule is Cc1ccc(NS(=O)(=O)c2ccc3c(c2)OCC[C@H]3c2ccc(C(F)(F)F)cc2-c2ccnn2C)nc1. The number of nitrogens with one attached hydrogen (secondary N) is 1. The predicted octanol–water partition coefficient (Wildman–Crippen LogP) is 5.52. The lowest BCUT2D eigenvalue weighted by Crippen LogP contribution is -2.19. The van der Waals surface area contributed by atoms with Crippen LogP contribution in [-0.4, -0.2) is 29.8 Å². The van der Waals surface area contributed by atoms with E-state index in [1.54, 1.807) is 37.5 Å². The highest BCUT2D eigenvalue weighted by molar-refractivity contribution is 7.92. The van der Waals surface area contributed by atoms with Crippen LogP contribution in [-0.2, 0) is 23.2 Å². The van der Waals surface area contributed by atoms with Crippen molar-refractivity contribution in [3.63, 3.8) is 0 Å². The molecule has 3 heterocycles. The average molecular weight is 529 g/mol. The van der Waals surface area contributed by atoms with Crippen molar-refractivity contribution < 1.29 is 26.3 Å². The van der Waals surface area contributed by atoms with Crippen molar-refractivity contribution >= 4 is 15.8 Å². The third kappa shape index (κ3) is 4.91. The van der Waals surface area contributed by atoms with Crippen LogP contribution in [0.1, 0.15) is 34.6 Å². The molecule has 1 aliphatic rings. The molecule has 4 aromatic rings. The van der Waals surface area contributed by atoms with Crippen LogP contribution < -0.4 is 9.46 Å². The molecular weight excluding hydrogens is 505 g/mol. The Morgan fingerprint density at radius 1 is 1.05 bits per heavy atom. The topological polar surface area (TPSA) is 86.1 Å². The Morgan fingerprint density at radius 2 is 1.84 bits per heavy atom. The minimum Gasteiger partial charge on any atom is -0.493 e. The Labute approximate surface area is 212 Å². The van der Waals surface area contributed by atoms with Gasteiger partial charge in [0.15, 0.2) is 0 Å². The summed E-state index contributed by atoms with van der Waals surface area (Å²) in [5, 5.41) is 4.13. The smallest absolute Gasteiger partial charge is 0.416 e. The van der Waals surface area contributed by atoms with E-state index in [1.165, 1.54) is 29.1 Å². The van der Waals surface area contributed by atoms with Crippen LogP contribution in [0.15, 0.2) is 71.9 Å². The summed E-state index contributed by atoms with van der Waals surface area (Å²) in [7, 11) is -2.27. The summed E-state index contributed by atoms with van der Waals surface area (Å²) in [6, 6.07) is 13.2. The Kier molecular flexibility index (Phi) is 6.18. The molecule has 0 saturated heterocycles. The highest BCUT2D eigenvalue weighted by Crippen LogP contribution is 2.44. The second-order valence-electron chi connectivity index (χ2n) is 8.86. The number of sulfonamides is 1. The molecule has 1 aliphatic heterocycles. The van der Waals surface area contributed by atoms with E-state index in [-0.39, 0.29) is 23.2 Å². The molecule has 0 radical (unpaired) electrons. The van der Waals surface area contributed by atoms with Gasteiger partial charge in [0, 0.05) is 42.6 Å². The number of aromatic nitrogens is 3. The second-order valence-corrected chi connectivity index (χ2v) is 10.5. The lowest BCUT2D eigenvalue weighted by molar-refractivity contribution is -0.137. The fourth-order valence-electron chi connectivity index (χ4n) is 4.48. The maximum Gasteiger partial charge on any atom is 0.416 e. The van der Waals surface area contributed by atoms with Crippen LogP contribution in [0.5, 0.6) is 5.75 Å². The first kappa shape index (κ1) is 24.8. The van der Waals surface area contributed by atoms with Crippen LogP contribution in [0.3, 0.4) is 0 Å². The highest BCUT2D eigenvalue weighted by Gasteiger charge is 2.33. The van der Waals surface area contributed by atoms with E-state index >= 15 is 0 Å². The first-order valence-corrected chi connectivity index (χ1v) is 12.9.